The standard InChI is InChI=1S/C17H21NO4.C2H6O4S/c1-18-13-7-11(8-14(18)16-15(13)22-16)21-17(20)12(9-19)10-5-3-2-4-6-10;1-5-7(3,4)6-2/h2-6,11-16,19H,7-9H2,1H3;1-2H3/t11?,12-,13-,14+,15-,16+;/m1./s1. The van der Waals surface area contributed by atoms with Gasteiger partial charge >= 0.3 is 16.4 Å². The monoisotopic (exact) mass is 429 g/mol. The van der Waals surface area contributed by atoms with Gasteiger partial charge in [0.1, 0.15) is 24.2 Å². The Bertz CT molecular complexity index is 774. The summed E-state index contributed by atoms with van der Waals surface area (Å²) >= 11 is 0. The molecule has 0 aromatic heterocycles. The lowest BCUT2D eigenvalue weighted by Gasteiger charge is -2.38. The van der Waals surface area contributed by atoms with E-state index in [1.165, 1.54) is 0 Å². The number of epoxide rings is 1. The van der Waals surface area contributed by atoms with E-state index in [-0.39, 0.29) is 18.7 Å². The van der Waals surface area contributed by atoms with E-state index in [0.717, 1.165) is 32.6 Å². The van der Waals surface area contributed by atoms with Crippen molar-refractivity contribution in [2.45, 2.75) is 49.2 Å². The summed E-state index contributed by atoms with van der Waals surface area (Å²) in [7, 11) is 0.524. The van der Waals surface area contributed by atoms with Gasteiger partial charge in [0.05, 0.1) is 20.8 Å². The van der Waals surface area contributed by atoms with Gasteiger partial charge in [-0.1, -0.05) is 30.3 Å². The summed E-state index contributed by atoms with van der Waals surface area (Å²) < 4.78 is 38.9. The van der Waals surface area contributed by atoms with Crippen LogP contribution in [0.2, 0.25) is 0 Å². The Kier molecular flexibility index (Phi) is 6.92. The van der Waals surface area contributed by atoms with Crippen molar-refractivity contribution < 1.29 is 36.2 Å². The average molecular weight is 429 g/mol. The van der Waals surface area contributed by atoms with Gasteiger partial charge in [-0.25, -0.2) is 0 Å². The van der Waals surface area contributed by atoms with Gasteiger partial charge in [-0.2, -0.15) is 8.42 Å². The second-order valence-corrected chi connectivity index (χ2v) is 8.77. The molecule has 3 fully saturated rings. The third-order valence-corrected chi connectivity index (χ3v) is 6.55. The number of aliphatic hydroxyl groups excluding tert-OH is 1. The van der Waals surface area contributed by atoms with Gasteiger partial charge in [0, 0.05) is 24.9 Å². The highest BCUT2D eigenvalue weighted by molar-refractivity contribution is 7.81. The van der Waals surface area contributed by atoms with Crippen LogP contribution in [0.25, 0.3) is 0 Å². The van der Waals surface area contributed by atoms with Crippen LogP contribution in [0.4, 0.5) is 0 Å². The number of morpholine rings is 1. The molecule has 6 atom stereocenters. The van der Waals surface area contributed by atoms with E-state index < -0.39 is 16.3 Å². The molecule has 0 radical (unpaired) electrons. The van der Waals surface area contributed by atoms with E-state index in [2.05, 4.69) is 20.3 Å². The van der Waals surface area contributed by atoms with Crippen LogP contribution in [0.15, 0.2) is 30.3 Å². The number of aliphatic hydroxyl groups is 1. The lowest BCUT2D eigenvalue weighted by Crippen LogP contribution is -2.48. The van der Waals surface area contributed by atoms with Crippen molar-refractivity contribution in [1.29, 1.82) is 0 Å². The summed E-state index contributed by atoms with van der Waals surface area (Å²) in [6, 6.07) is 10.1. The number of likely N-dealkylation sites (N-methyl/N-ethyl adjacent to an activating group) is 1. The van der Waals surface area contributed by atoms with Crippen molar-refractivity contribution in [1.82, 2.24) is 4.90 Å². The molecule has 162 valence electrons. The van der Waals surface area contributed by atoms with Crippen LogP contribution in [0, 0.1) is 0 Å². The van der Waals surface area contributed by atoms with E-state index in [4.69, 9.17) is 9.47 Å². The van der Waals surface area contributed by atoms with Crippen LogP contribution in [-0.4, -0.2) is 82.7 Å². The maximum atomic E-state index is 12.4. The molecule has 3 saturated heterocycles. The molecule has 1 unspecified atom stereocenters. The van der Waals surface area contributed by atoms with E-state index in [1.54, 1.807) is 0 Å². The van der Waals surface area contributed by atoms with E-state index >= 15 is 0 Å². The van der Waals surface area contributed by atoms with E-state index in [1.807, 2.05) is 30.3 Å². The van der Waals surface area contributed by atoms with Crippen molar-refractivity contribution in [3.8, 4) is 0 Å². The number of benzene rings is 1. The highest BCUT2D eigenvalue weighted by atomic mass is 32.3. The molecule has 3 heterocycles. The number of rotatable bonds is 6. The van der Waals surface area contributed by atoms with Gasteiger partial charge < -0.3 is 14.6 Å². The first-order valence-electron chi connectivity index (χ1n) is 9.41. The first-order chi connectivity index (χ1) is 13.8. The summed E-state index contributed by atoms with van der Waals surface area (Å²) in [5.74, 6) is -0.915. The Labute approximate surface area is 170 Å². The quantitative estimate of drug-likeness (QED) is 0.508. The topological polar surface area (TPSA) is 115 Å². The number of esters is 1. The van der Waals surface area contributed by atoms with Gasteiger partial charge in [0.25, 0.3) is 0 Å². The zero-order valence-electron chi connectivity index (χ0n) is 16.6. The number of fused-ring (bicyclic) bond motifs is 5. The van der Waals surface area contributed by atoms with Crippen LogP contribution < -0.4 is 0 Å². The number of hydrogen-bond acceptors (Lipinski definition) is 9. The predicted molar refractivity (Wildman–Crippen MR) is 102 cm³/mol. The summed E-state index contributed by atoms with van der Waals surface area (Å²) in [6.45, 7) is -0.226. The second kappa shape index (κ2) is 9.07. The predicted octanol–water partition coefficient (Wildman–Crippen LogP) is 0.442. The highest BCUT2D eigenvalue weighted by Crippen LogP contribution is 2.48. The second-order valence-electron chi connectivity index (χ2n) is 7.28. The molecule has 1 aromatic rings. The number of carbonyl (C=O) groups is 1. The molecule has 0 aliphatic carbocycles. The zero-order chi connectivity index (χ0) is 21.2. The summed E-state index contributed by atoms with van der Waals surface area (Å²) in [5.41, 5.74) is 0.803. The van der Waals surface area contributed by atoms with Gasteiger partial charge in [0.2, 0.25) is 0 Å². The smallest absolute Gasteiger partial charge is 0.399 e. The minimum atomic E-state index is -3.66. The Morgan fingerprint density at radius 2 is 1.72 bits per heavy atom. The summed E-state index contributed by atoms with van der Waals surface area (Å²) in [5, 5.41) is 9.56. The molecule has 9 nitrogen and oxygen atoms in total. The van der Waals surface area contributed by atoms with E-state index in [9.17, 15) is 18.3 Å². The zero-order valence-corrected chi connectivity index (χ0v) is 17.4. The molecule has 4 rings (SSSR count). The Balaban J connectivity index is 0.000000298. The minimum Gasteiger partial charge on any atom is -0.462 e. The third-order valence-electron chi connectivity index (χ3n) is 5.74. The maximum Gasteiger partial charge on any atom is 0.399 e. The molecule has 29 heavy (non-hydrogen) atoms. The SMILES string of the molecule is CN1[C@@H]2CC(OC(=O)[C@H](CO)c3ccccc3)C[C@H]1[C@@H]1O[C@@H]12.COS(=O)(=O)OC. The fourth-order valence-electron chi connectivity index (χ4n) is 4.11. The fourth-order valence-corrected chi connectivity index (χ4v) is 4.25. The Hall–Kier alpha value is -1.56. The van der Waals surface area contributed by atoms with Crippen LogP contribution in [0.3, 0.4) is 0 Å². The van der Waals surface area contributed by atoms with Gasteiger partial charge in [-0.15, -0.1) is 0 Å². The first kappa shape index (κ1) is 22.1. The Morgan fingerprint density at radius 3 is 2.17 bits per heavy atom. The van der Waals surface area contributed by atoms with Gasteiger partial charge in [0.15, 0.2) is 0 Å². The molecular weight excluding hydrogens is 402 g/mol. The number of hydrogen-bond donors (Lipinski definition) is 1. The molecule has 0 spiro atoms. The maximum absolute atomic E-state index is 12.4. The Morgan fingerprint density at radius 1 is 1.17 bits per heavy atom. The van der Waals surface area contributed by atoms with Crippen LogP contribution in [0.1, 0.15) is 24.3 Å². The van der Waals surface area contributed by atoms with Crippen LogP contribution >= 0.6 is 0 Å². The van der Waals surface area contributed by atoms with Crippen molar-refractivity contribution in [3.05, 3.63) is 35.9 Å². The van der Waals surface area contributed by atoms with Crippen molar-refractivity contribution in [3.63, 3.8) is 0 Å². The third kappa shape index (κ3) is 4.96. The fraction of sp³-hybridized carbons (Fsp3) is 0.632. The highest BCUT2D eigenvalue weighted by Gasteiger charge is 2.62. The molecule has 3 aliphatic rings. The molecule has 0 amide bonds. The van der Waals surface area contributed by atoms with Crippen molar-refractivity contribution >= 4 is 16.4 Å². The van der Waals surface area contributed by atoms with Crippen LogP contribution in [-0.2, 0) is 33.0 Å². The molecule has 0 saturated carbocycles. The molecule has 1 N–H and O–H groups in total. The molecule has 1 aromatic carbocycles. The summed E-state index contributed by atoms with van der Waals surface area (Å²) in [6.07, 6.45) is 2.26. The van der Waals surface area contributed by atoms with Gasteiger partial charge in [-0.05, 0) is 12.6 Å². The lowest BCUT2D eigenvalue weighted by atomic mass is 9.97. The normalized spacial score (nSPS) is 31.2. The minimum absolute atomic E-state index is 0.0622. The van der Waals surface area contributed by atoms with Crippen molar-refractivity contribution in [2.24, 2.45) is 0 Å². The average Bonchev–Trinajstić information content (AvgIpc) is 3.48. The summed E-state index contributed by atoms with van der Waals surface area (Å²) in [4.78, 5) is 14.8. The largest absolute Gasteiger partial charge is 0.462 e. The first-order valence-corrected chi connectivity index (χ1v) is 10.7. The molecule has 10 heteroatoms. The molecule has 3 aliphatic heterocycles. The number of ether oxygens (including phenoxy) is 2. The number of carbonyl (C=O) groups excluding carboxylic acids is 1. The van der Waals surface area contributed by atoms with E-state index in [0.29, 0.717) is 24.3 Å². The number of nitrogens with zero attached hydrogens (tertiary/aromatic N) is 1. The molecular formula is C19H27NO8S. The van der Waals surface area contributed by atoms with Crippen LogP contribution in [0.5, 0.6) is 0 Å². The lowest BCUT2D eigenvalue weighted by molar-refractivity contribution is -0.156. The molecule has 2 bridgehead atoms. The van der Waals surface area contributed by atoms with Crippen molar-refractivity contribution in [2.75, 3.05) is 27.9 Å². The number of piperidine rings is 1. The van der Waals surface area contributed by atoms with Gasteiger partial charge in [-0.3, -0.25) is 18.1 Å².